The van der Waals surface area contributed by atoms with E-state index in [-0.39, 0.29) is 5.91 Å². The van der Waals surface area contributed by atoms with E-state index in [1.54, 1.807) is 10.9 Å². The van der Waals surface area contributed by atoms with Gasteiger partial charge in [-0.05, 0) is 31.0 Å². The highest BCUT2D eigenvalue weighted by atomic mass is 16.2. The van der Waals surface area contributed by atoms with Crippen molar-refractivity contribution in [2.45, 2.75) is 12.8 Å². The molecule has 4 rings (SSSR count). The standard InChI is InChI=1S/C17H23N7O/c25-17(23-7-1-2-8-23)14-21-10-12-22(13-11-21)15-4-5-16(20-19-15)24-9-3-6-18-24/h3-6,9H,1-2,7-8,10-14H2. The number of amides is 1. The van der Waals surface area contributed by atoms with Gasteiger partial charge >= 0.3 is 0 Å². The van der Waals surface area contributed by atoms with Gasteiger partial charge in [0.25, 0.3) is 0 Å². The number of likely N-dealkylation sites (tertiary alicyclic amines) is 1. The van der Waals surface area contributed by atoms with Gasteiger partial charge in [0.1, 0.15) is 0 Å². The Morgan fingerprint density at radius 3 is 2.32 bits per heavy atom. The topological polar surface area (TPSA) is 70.4 Å². The summed E-state index contributed by atoms with van der Waals surface area (Å²) in [5.74, 6) is 1.86. The normalized spacial score (nSPS) is 18.7. The number of hydrogen-bond acceptors (Lipinski definition) is 6. The van der Waals surface area contributed by atoms with Crippen LogP contribution in [0, 0.1) is 0 Å². The first-order valence-electron chi connectivity index (χ1n) is 8.88. The van der Waals surface area contributed by atoms with Gasteiger partial charge in [-0.15, -0.1) is 10.2 Å². The van der Waals surface area contributed by atoms with Crippen molar-refractivity contribution in [2.75, 3.05) is 50.7 Å². The summed E-state index contributed by atoms with van der Waals surface area (Å²) in [4.78, 5) is 18.7. The summed E-state index contributed by atoms with van der Waals surface area (Å²) < 4.78 is 1.69. The van der Waals surface area contributed by atoms with Crippen LogP contribution >= 0.6 is 0 Å². The molecule has 1 amide bonds. The minimum atomic E-state index is 0.273. The van der Waals surface area contributed by atoms with Crippen LogP contribution in [0.25, 0.3) is 5.82 Å². The first-order valence-corrected chi connectivity index (χ1v) is 8.88. The lowest BCUT2D eigenvalue weighted by Crippen LogP contribution is -2.50. The molecule has 2 aromatic heterocycles. The molecule has 2 saturated heterocycles. The van der Waals surface area contributed by atoms with E-state index in [0.29, 0.717) is 12.4 Å². The van der Waals surface area contributed by atoms with Gasteiger partial charge < -0.3 is 9.80 Å². The van der Waals surface area contributed by atoms with Crippen LogP contribution in [0.1, 0.15) is 12.8 Å². The van der Waals surface area contributed by atoms with Crippen molar-refractivity contribution in [1.29, 1.82) is 0 Å². The summed E-state index contributed by atoms with van der Waals surface area (Å²) in [6.07, 6.45) is 5.86. The van der Waals surface area contributed by atoms with Crippen molar-refractivity contribution >= 4 is 11.7 Å². The third kappa shape index (κ3) is 3.63. The summed E-state index contributed by atoms with van der Waals surface area (Å²) >= 11 is 0. The van der Waals surface area contributed by atoms with Crippen LogP contribution in [0.3, 0.4) is 0 Å². The molecular weight excluding hydrogens is 318 g/mol. The van der Waals surface area contributed by atoms with Gasteiger partial charge in [0, 0.05) is 51.7 Å². The molecule has 0 radical (unpaired) electrons. The zero-order chi connectivity index (χ0) is 17.1. The average molecular weight is 341 g/mol. The molecule has 2 aromatic rings. The van der Waals surface area contributed by atoms with Crippen molar-refractivity contribution in [1.82, 2.24) is 29.8 Å². The fourth-order valence-electron chi connectivity index (χ4n) is 3.41. The summed E-state index contributed by atoms with van der Waals surface area (Å²) in [6.45, 7) is 5.88. The quantitative estimate of drug-likeness (QED) is 0.802. The number of nitrogens with zero attached hydrogens (tertiary/aromatic N) is 7. The highest BCUT2D eigenvalue weighted by molar-refractivity contribution is 5.78. The molecule has 8 heteroatoms. The third-order valence-electron chi connectivity index (χ3n) is 4.89. The minimum Gasteiger partial charge on any atom is -0.353 e. The van der Waals surface area contributed by atoms with E-state index < -0.39 is 0 Å². The Morgan fingerprint density at radius 2 is 1.68 bits per heavy atom. The van der Waals surface area contributed by atoms with E-state index in [0.717, 1.165) is 57.9 Å². The highest BCUT2D eigenvalue weighted by Gasteiger charge is 2.24. The molecule has 25 heavy (non-hydrogen) atoms. The summed E-state index contributed by atoms with van der Waals surface area (Å²) in [5, 5.41) is 12.7. The molecule has 0 atom stereocenters. The molecule has 0 bridgehead atoms. The second-order valence-corrected chi connectivity index (χ2v) is 6.55. The Morgan fingerprint density at radius 1 is 0.960 bits per heavy atom. The molecule has 0 aliphatic carbocycles. The fourth-order valence-corrected chi connectivity index (χ4v) is 3.41. The number of carbonyl (C=O) groups excluding carboxylic acids is 1. The Kier molecular flexibility index (Phi) is 4.60. The van der Waals surface area contributed by atoms with Crippen LogP contribution in [-0.4, -0.2) is 81.5 Å². The predicted molar refractivity (Wildman–Crippen MR) is 93.6 cm³/mol. The Balaban J connectivity index is 1.30. The van der Waals surface area contributed by atoms with Gasteiger partial charge in [-0.2, -0.15) is 5.10 Å². The predicted octanol–water partition coefficient (Wildman–Crippen LogP) is 0.407. The molecule has 0 aromatic carbocycles. The Labute approximate surface area is 147 Å². The van der Waals surface area contributed by atoms with Crippen molar-refractivity contribution in [3.8, 4) is 5.82 Å². The van der Waals surface area contributed by atoms with Gasteiger partial charge in [0.15, 0.2) is 11.6 Å². The Bertz CT molecular complexity index is 686. The van der Waals surface area contributed by atoms with E-state index >= 15 is 0 Å². The van der Waals surface area contributed by atoms with Crippen LogP contribution in [0.4, 0.5) is 5.82 Å². The zero-order valence-corrected chi connectivity index (χ0v) is 14.3. The van der Waals surface area contributed by atoms with Crippen LogP contribution in [0.5, 0.6) is 0 Å². The molecule has 0 saturated carbocycles. The molecule has 2 aliphatic rings. The van der Waals surface area contributed by atoms with Crippen molar-refractivity contribution < 1.29 is 4.79 Å². The number of rotatable bonds is 4. The SMILES string of the molecule is O=C(CN1CCN(c2ccc(-n3cccn3)nn2)CC1)N1CCCC1. The molecule has 4 heterocycles. The lowest BCUT2D eigenvalue weighted by atomic mass is 10.3. The first kappa shape index (κ1) is 16.0. The number of aromatic nitrogens is 4. The fraction of sp³-hybridized carbons (Fsp3) is 0.529. The molecule has 0 spiro atoms. The number of carbonyl (C=O) groups is 1. The first-order chi connectivity index (χ1) is 12.3. The lowest BCUT2D eigenvalue weighted by Gasteiger charge is -2.35. The number of anilines is 1. The molecule has 0 N–H and O–H groups in total. The van der Waals surface area contributed by atoms with Crippen molar-refractivity contribution in [3.63, 3.8) is 0 Å². The smallest absolute Gasteiger partial charge is 0.236 e. The maximum atomic E-state index is 12.3. The molecule has 8 nitrogen and oxygen atoms in total. The summed E-state index contributed by atoms with van der Waals surface area (Å²) in [5.41, 5.74) is 0. The van der Waals surface area contributed by atoms with E-state index in [4.69, 9.17) is 0 Å². The van der Waals surface area contributed by atoms with Crippen LogP contribution in [-0.2, 0) is 4.79 Å². The van der Waals surface area contributed by atoms with Crippen LogP contribution in [0.2, 0.25) is 0 Å². The van der Waals surface area contributed by atoms with E-state index in [1.807, 2.05) is 29.3 Å². The maximum Gasteiger partial charge on any atom is 0.236 e. The molecular formula is C17H23N7O. The van der Waals surface area contributed by atoms with Gasteiger partial charge in [0.05, 0.1) is 6.54 Å². The Hall–Kier alpha value is -2.48. The molecule has 132 valence electrons. The highest BCUT2D eigenvalue weighted by Crippen LogP contribution is 2.14. The van der Waals surface area contributed by atoms with Gasteiger partial charge in [-0.3, -0.25) is 9.69 Å². The van der Waals surface area contributed by atoms with E-state index in [2.05, 4.69) is 25.1 Å². The van der Waals surface area contributed by atoms with Crippen molar-refractivity contribution in [2.24, 2.45) is 0 Å². The molecule has 2 fully saturated rings. The van der Waals surface area contributed by atoms with Crippen LogP contribution in [0.15, 0.2) is 30.6 Å². The van der Waals surface area contributed by atoms with Gasteiger partial charge in [0.2, 0.25) is 5.91 Å². The van der Waals surface area contributed by atoms with Crippen molar-refractivity contribution in [3.05, 3.63) is 30.6 Å². The average Bonchev–Trinajstić information content (AvgIpc) is 3.36. The number of piperazine rings is 1. The second kappa shape index (κ2) is 7.18. The maximum absolute atomic E-state index is 12.3. The largest absolute Gasteiger partial charge is 0.353 e. The number of hydrogen-bond donors (Lipinski definition) is 0. The minimum absolute atomic E-state index is 0.273. The van der Waals surface area contributed by atoms with Gasteiger partial charge in [-0.1, -0.05) is 0 Å². The van der Waals surface area contributed by atoms with Crippen LogP contribution < -0.4 is 4.90 Å². The van der Waals surface area contributed by atoms with E-state index in [9.17, 15) is 4.79 Å². The molecule has 0 unspecified atom stereocenters. The lowest BCUT2D eigenvalue weighted by molar-refractivity contribution is -0.131. The third-order valence-corrected chi connectivity index (χ3v) is 4.89. The second-order valence-electron chi connectivity index (χ2n) is 6.55. The van der Waals surface area contributed by atoms with Gasteiger partial charge in [-0.25, -0.2) is 4.68 Å². The monoisotopic (exact) mass is 341 g/mol. The van der Waals surface area contributed by atoms with E-state index in [1.165, 1.54) is 0 Å². The zero-order valence-electron chi connectivity index (χ0n) is 14.3. The summed E-state index contributed by atoms with van der Waals surface area (Å²) in [6, 6.07) is 5.77. The summed E-state index contributed by atoms with van der Waals surface area (Å²) in [7, 11) is 0. The molecule has 2 aliphatic heterocycles.